The molecular weight excluding hydrogens is 328 g/mol. The first-order valence-corrected chi connectivity index (χ1v) is 8.25. The summed E-state index contributed by atoms with van der Waals surface area (Å²) in [7, 11) is 0. The van der Waals surface area contributed by atoms with Gasteiger partial charge in [0.05, 0.1) is 0 Å². The van der Waals surface area contributed by atoms with E-state index in [0.29, 0.717) is 5.96 Å². The van der Waals surface area contributed by atoms with E-state index in [9.17, 15) is 0 Å². The van der Waals surface area contributed by atoms with E-state index in [4.69, 9.17) is 18.0 Å². The van der Waals surface area contributed by atoms with E-state index in [0.717, 1.165) is 17.1 Å². The maximum absolute atomic E-state index is 5.72. The number of thiocarbonyl (C=S) groups is 1. The average Bonchev–Trinajstić information content (AvgIpc) is 2.64. The summed E-state index contributed by atoms with van der Waals surface area (Å²) in [5, 5.41) is 3.38. The van der Waals surface area contributed by atoms with Crippen molar-refractivity contribution in [2.75, 3.05) is 10.2 Å². The summed E-state index contributed by atoms with van der Waals surface area (Å²) in [6, 6.07) is 29.7. The second-order valence-electron chi connectivity index (χ2n) is 5.27. The van der Waals surface area contributed by atoms with Gasteiger partial charge >= 0.3 is 0 Å². The van der Waals surface area contributed by atoms with Gasteiger partial charge in [-0.2, -0.15) is 4.99 Å². The Morgan fingerprint density at radius 3 is 1.64 bits per heavy atom. The highest BCUT2D eigenvalue weighted by Crippen LogP contribution is 2.26. The normalized spacial score (nSPS) is 11.0. The number of guanidine groups is 1. The maximum Gasteiger partial charge on any atom is 0.215 e. The van der Waals surface area contributed by atoms with Gasteiger partial charge < -0.3 is 11.1 Å². The fraction of sp³-hybridized carbons (Fsp3) is 0. The van der Waals surface area contributed by atoms with Crippen molar-refractivity contribution in [3.05, 3.63) is 91.0 Å². The third-order valence-electron chi connectivity index (χ3n) is 3.49. The molecule has 0 aliphatic carbocycles. The third kappa shape index (κ3) is 4.43. The minimum Gasteiger partial charge on any atom is -0.374 e. The zero-order valence-electron chi connectivity index (χ0n) is 13.5. The van der Waals surface area contributed by atoms with E-state index >= 15 is 0 Å². The van der Waals surface area contributed by atoms with Crippen molar-refractivity contribution < 1.29 is 0 Å². The van der Waals surface area contributed by atoms with Crippen LogP contribution in [0.1, 0.15) is 0 Å². The molecule has 3 aromatic rings. The standard InChI is InChI=1S/C20H18N4S/c21-19(25)23-20(22-16-10-4-1-5-11-16)24(17-12-6-2-7-13-17)18-14-8-3-9-15-18/h1-15H,(H3,21,22,23,25). The van der Waals surface area contributed by atoms with Crippen LogP contribution in [0.15, 0.2) is 96.0 Å². The molecule has 0 saturated carbocycles. The molecule has 0 radical (unpaired) electrons. The SMILES string of the molecule is NC(=S)N=C(Nc1ccccc1)N(c1ccccc1)c1ccccc1. The quantitative estimate of drug-likeness (QED) is 0.415. The molecule has 4 nitrogen and oxygen atoms in total. The zero-order valence-corrected chi connectivity index (χ0v) is 14.4. The molecule has 0 spiro atoms. The fourth-order valence-electron chi connectivity index (χ4n) is 2.44. The van der Waals surface area contributed by atoms with Crippen LogP contribution in [0.4, 0.5) is 17.1 Å². The highest BCUT2D eigenvalue weighted by molar-refractivity contribution is 7.80. The van der Waals surface area contributed by atoms with Crippen LogP contribution in [0.5, 0.6) is 0 Å². The smallest absolute Gasteiger partial charge is 0.215 e. The molecule has 0 aromatic heterocycles. The summed E-state index contributed by atoms with van der Waals surface area (Å²) < 4.78 is 0. The van der Waals surface area contributed by atoms with Crippen molar-refractivity contribution in [2.45, 2.75) is 0 Å². The van der Waals surface area contributed by atoms with Crippen LogP contribution in [0.2, 0.25) is 0 Å². The first-order valence-electron chi connectivity index (χ1n) is 7.84. The van der Waals surface area contributed by atoms with Gasteiger partial charge in [-0.3, -0.25) is 4.90 Å². The van der Waals surface area contributed by atoms with Crippen molar-refractivity contribution in [1.29, 1.82) is 0 Å². The minimum absolute atomic E-state index is 0.0651. The van der Waals surface area contributed by atoms with Crippen molar-refractivity contribution in [1.82, 2.24) is 0 Å². The number of hydrogen-bond donors (Lipinski definition) is 2. The van der Waals surface area contributed by atoms with Gasteiger partial charge in [0.15, 0.2) is 5.11 Å². The molecule has 3 N–H and O–H groups in total. The first kappa shape index (κ1) is 16.7. The lowest BCUT2D eigenvalue weighted by molar-refractivity contribution is 1.31. The molecule has 0 fully saturated rings. The molecule has 0 saturated heterocycles. The summed E-state index contributed by atoms with van der Waals surface area (Å²) in [5.41, 5.74) is 8.52. The van der Waals surface area contributed by atoms with Gasteiger partial charge in [0.2, 0.25) is 5.96 Å². The highest BCUT2D eigenvalue weighted by atomic mass is 32.1. The topological polar surface area (TPSA) is 53.6 Å². The molecule has 0 unspecified atom stereocenters. The number of hydrogen-bond acceptors (Lipinski definition) is 1. The molecule has 0 bridgehead atoms. The fourth-order valence-corrected chi connectivity index (χ4v) is 2.52. The van der Waals surface area contributed by atoms with Gasteiger partial charge in [-0.05, 0) is 48.6 Å². The Morgan fingerprint density at radius 2 is 1.20 bits per heavy atom. The van der Waals surface area contributed by atoms with Crippen LogP contribution >= 0.6 is 12.2 Å². The predicted molar refractivity (Wildman–Crippen MR) is 109 cm³/mol. The summed E-state index contributed by atoms with van der Waals surface area (Å²) in [4.78, 5) is 6.34. The zero-order chi connectivity index (χ0) is 17.5. The largest absolute Gasteiger partial charge is 0.374 e. The number of nitrogens with zero attached hydrogens (tertiary/aromatic N) is 2. The van der Waals surface area contributed by atoms with E-state index in [2.05, 4.69) is 10.3 Å². The number of nitrogens with one attached hydrogen (secondary N) is 1. The summed E-state index contributed by atoms with van der Waals surface area (Å²) in [6.45, 7) is 0. The van der Waals surface area contributed by atoms with Gasteiger partial charge in [-0.1, -0.05) is 54.6 Å². The van der Waals surface area contributed by atoms with Gasteiger partial charge in [-0.25, -0.2) is 0 Å². The van der Waals surface area contributed by atoms with Gasteiger partial charge in [0.1, 0.15) is 0 Å². The Balaban J connectivity index is 2.08. The second-order valence-corrected chi connectivity index (χ2v) is 5.69. The first-order chi connectivity index (χ1) is 12.2. The lowest BCUT2D eigenvalue weighted by Crippen LogP contribution is -2.34. The van der Waals surface area contributed by atoms with E-state index in [1.807, 2.05) is 95.9 Å². The number of benzene rings is 3. The summed E-state index contributed by atoms with van der Waals surface area (Å²) >= 11 is 5.03. The van der Waals surface area contributed by atoms with Crippen LogP contribution in [-0.4, -0.2) is 11.1 Å². The van der Waals surface area contributed by atoms with E-state index < -0.39 is 0 Å². The number of aliphatic imine (C=N–C) groups is 1. The van der Waals surface area contributed by atoms with Gasteiger partial charge in [0.25, 0.3) is 0 Å². The number of anilines is 3. The summed E-state index contributed by atoms with van der Waals surface area (Å²) in [6.07, 6.45) is 0. The Morgan fingerprint density at radius 1 is 0.760 bits per heavy atom. The Kier molecular flexibility index (Phi) is 5.39. The van der Waals surface area contributed by atoms with Crippen molar-refractivity contribution in [2.24, 2.45) is 10.7 Å². The number of nitrogens with two attached hydrogens (primary N) is 1. The van der Waals surface area contributed by atoms with E-state index in [-0.39, 0.29) is 5.11 Å². The van der Waals surface area contributed by atoms with Crippen molar-refractivity contribution >= 4 is 40.4 Å². The monoisotopic (exact) mass is 346 g/mol. The van der Waals surface area contributed by atoms with Gasteiger partial charge in [-0.15, -0.1) is 0 Å². The Bertz CT molecular complexity index is 809. The highest BCUT2D eigenvalue weighted by Gasteiger charge is 2.16. The molecular formula is C20H18N4S. The van der Waals surface area contributed by atoms with Crippen LogP contribution in [0.3, 0.4) is 0 Å². The lowest BCUT2D eigenvalue weighted by atomic mass is 10.2. The average molecular weight is 346 g/mol. The van der Waals surface area contributed by atoms with E-state index in [1.165, 1.54) is 0 Å². The Hall–Kier alpha value is -3.18. The number of rotatable bonds is 3. The molecule has 5 heteroatoms. The summed E-state index contributed by atoms with van der Waals surface area (Å²) in [5.74, 6) is 0.538. The molecule has 3 rings (SSSR count). The second kappa shape index (κ2) is 8.08. The minimum atomic E-state index is 0.0651. The van der Waals surface area contributed by atoms with Crippen LogP contribution < -0.4 is 16.0 Å². The molecule has 0 aliphatic heterocycles. The molecule has 0 atom stereocenters. The lowest BCUT2D eigenvalue weighted by Gasteiger charge is -2.27. The van der Waals surface area contributed by atoms with Crippen LogP contribution in [0.25, 0.3) is 0 Å². The number of para-hydroxylation sites is 3. The Labute approximate surface area is 152 Å². The van der Waals surface area contributed by atoms with Crippen molar-refractivity contribution in [3.63, 3.8) is 0 Å². The van der Waals surface area contributed by atoms with Crippen LogP contribution in [-0.2, 0) is 0 Å². The molecule has 0 aliphatic rings. The maximum atomic E-state index is 5.72. The molecule has 0 heterocycles. The molecule has 3 aromatic carbocycles. The molecule has 124 valence electrons. The predicted octanol–water partition coefficient (Wildman–Crippen LogP) is 4.54. The van der Waals surface area contributed by atoms with E-state index in [1.54, 1.807) is 0 Å². The van der Waals surface area contributed by atoms with Crippen molar-refractivity contribution in [3.8, 4) is 0 Å². The van der Waals surface area contributed by atoms with Gasteiger partial charge in [0, 0.05) is 17.1 Å². The molecule has 0 amide bonds. The molecule has 25 heavy (non-hydrogen) atoms. The van der Waals surface area contributed by atoms with Crippen LogP contribution in [0, 0.1) is 0 Å². The third-order valence-corrected chi connectivity index (χ3v) is 3.58.